The van der Waals surface area contributed by atoms with E-state index in [1.807, 2.05) is 92.5 Å². The van der Waals surface area contributed by atoms with E-state index in [2.05, 4.69) is 0 Å². The minimum atomic E-state index is -0.0692. The SMILES string of the molecule is Cc1cccc(N=C2SC(=C3Sc4ccc(Cl)cc4N3C)C(=O)N2c2cccc(C)c2)c1. The zero-order chi connectivity index (χ0) is 22.4. The fourth-order valence-corrected chi connectivity index (χ4v) is 6.19. The molecule has 160 valence electrons. The number of carbonyl (C=O) groups excluding carboxylic acids is 1. The number of hydrogen-bond donors (Lipinski definition) is 0. The molecule has 0 atom stereocenters. The van der Waals surface area contributed by atoms with Crippen molar-refractivity contribution in [1.29, 1.82) is 0 Å². The van der Waals surface area contributed by atoms with Crippen molar-refractivity contribution in [2.24, 2.45) is 4.99 Å². The van der Waals surface area contributed by atoms with E-state index in [1.165, 1.54) is 11.8 Å². The highest BCUT2D eigenvalue weighted by molar-refractivity contribution is 8.20. The van der Waals surface area contributed by atoms with Gasteiger partial charge in [-0.1, -0.05) is 47.6 Å². The Morgan fingerprint density at radius 1 is 0.906 bits per heavy atom. The van der Waals surface area contributed by atoms with Gasteiger partial charge >= 0.3 is 0 Å². The number of anilines is 2. The van der Waals surface area contributed by atoms with Crippen LogP contribution in [0.2, 0.25) is 5.02 Å². The summed E-state index contributed by atoms with van der Waals surface area (Å²) in [6, 6.07) is 21.7. The summed E-state index contributed by atoms with van der Waals surface area (Å²) in [7, 11) is 1.97. The van der Waals surface area contributed by atoms with Crippen molar-refractivity contribution in [1.82, 2.24) is 0 Å². The normalized spacial score (nSPS) is 19.2. The van der Waals surface area contributed by atoms with Gasteiger partial charge in [-0.15, -0.1) is 0 Å². The first kappa shape index (κ1) is 21.2. The number of hydrogen-bond acceptors (Lipinski definition) is 5. The van der Waals surface area contributed by atoms with E-state index in [4.69, 9.17) is 16.6 Å². The van der Waals surface area contributed by atoms with Gasteiger partial charge in [-0.25, -0.2) is 4.99 Å². The highest BCUT2D eigenvalue weighted by Crippen LogP contribution is 2.51. The molecule has 0 aromatic heterocycles. The molecule has 4 nitrogen and oxygen atoms in total. The van der Waals surface area contributed by atoms with Crippen LogP contribution in [0.3, 0.4) is 0 Å². The minimum Gasteiger partial charge on any atom is -0.337 e. The summed E-state index contributed by atoms with van der Waals surface area (Å²) in [5.41, 5.74) is 4.86. The minimum absolute atomic E-state index is 0.0692. The number of aliphatic imine (C=N–C) groups is 1. The van der Waals surface area contributed by atoms with Crippen LogP contribution in [0.1, 0.15) is 11.1 Å². The maximum atomic E-state index is 13.7. The number of carbonyl (C=O) groups is 1. The Morgan fingerprint density at radius 2 is 1.66 bits per heavy atom. The van der Waals surface area contributed by atoms with Gasteiger partial charge in [0.05, 0.1) is 22.1 Å². The molecule has 32 heavy (non-hydrogen) atoms. The molecule has 3 aromatic rings. The van der Waals surface area contributed by atoms with Gasteiger partial charge in [0, 0.05) is 17.0 Å². The first-order valence-electron chi connectivity index (χ1n) is 10.1. The molecule has 5 rings (SSSR count). The Balaban J connectivity index is 1.62. The number of amidine groups is 1. The van der Waals surface area contributed by atoms with Crippen LogP contribution >= 0.6 is 35.1 Å². The monoisotopic (exact) mass is 477 g/mol. The van der Waals surface area contributed by atoms with Gasteiger partial charge in [0.15, 0.2) is 5.17 Å². The van der Waals surface area contributed by atoms with E-state index >= 15 is 0 Å². The van der Waals surface area contributed by atoms with E-state index in [9.17, 15) is 4.79 Å². The largest absolute Gasteiger partial charge is 0.337 e. The quantitative estimate of drug-likeness (QED) is 0.367. The summed E-state index contributed by atoms with van der Waals surface area (Å²) < 4.78 is 0. The highest BCUT2D eigenvalue weighted by atomic mass is 35.5. The standard InChI is InChI=1S/C25H20ClN3OS2/c1-15-6-4-8-18(12-15)27-25-29(19-9-5-7-16(2)13-19)23(30)22(32-25)24-28(3)20-14-17(26)10-11-21(20)31-24/h4-14H,1-3H3. The number of fused-ring (bicyclic) bond motifs is 1. The first-order chi connectivity index (χ1) is 15.4. The Morgan fingerprint density at radius 3 is 2.41 bits per heavy atom. The topological polar surface area (TPSA) is 35.9 Å². The van der Waals surface area contributed by atoms with E-state index in [-0.39, 0.29) is 5.91 Å². The molecule has 7 heteroatoms. The average Bonchev–Trinajstić information content (AvgIpc) is 3.24. The molecule has 0 saturated carbocycles. The lowest BCUT2D eigenvalue weighted by Gasteiger charge is -2.17. The van der Waals surface area contributed by atoms with Crippen LogP contribution in [-0.2, 0) is 4.79 Å². The molecule has 1 saturated heterocycles. The second kappa shape index (κ2) is 8.35. The van der Waals surface area contributed by atoms with Crippen LogP contribution in [0, 0.1) is 13.8 Å². The Hall–Kier alpha value is -2.67. The van der Waals surface area contributed by atoms with Crippen molar-refractivity contribution >= 4 is 63.3 Å². The van der Waals surface area contributed by atoms with Gasteiger partial charge in [0.2, 0.25) is 0 Å². The zero-order valence-corrected chi connectivity index (χ0v) is 20.2. The van der Waals surface area contributed by atoms with Crippen LogP contribution in [0.4, 0.5) is 17.1 Å². The van der Waals surface area contributed by atoms with Gasteiger partial charge in [-0.05, 0) is 79.2 Å². The Bertz CT molecular complexity index is 1320. The third-order valence-electron chi connectivity index (χ3n) is 5.26. The maximum absolute atomic E-state index is 13.7. The molecule has 0 N–H and O–H groups in total. The van der Waals surface area contributed by atoms with Crippen molar-refractivity contribution < 1.29 is 4.79 Å². The van der Waals surface area contributed by atoms with Gasteiger partial charge < -0.3 is 4.90 Å². The number of aryl methyl sites for hydroxylation is 2. The number of nitrogens with zero attached hydrogens (tertiary/aromatic N) is 3. The van der Waals surface area contributed by atoms with Crippen molar-refractivity contribution in [2.45, 2.75) is 18.7 Å². The van der Waals surface area contributed by atoms with E-state index in [0.717, 1.165) is 38.1 Å². The number of amides is 1. The third kappa shape index (κ3) is 3.83. The molecule has 1 amide bonds. The summed E-state index contributed by atoms with van der Waals surface area (Å²) in [6.07, 6.45) is 0. The Kier molecular flexibility index (Phi) is 5.53. The first-order valence-corrected chi connectivity index (χ1v) is 12.1. The molecule has 0 radical (unpaired) electrons. The lowest BCUT2D eigenvalue weighted by molar-refractivity contribution is -0.113. The zero-order valence-electron chi connectivity index (χ0n) is 17.8. The third-order valence-corrected chi connectivity index (χ3v) is 7.89. The summed E-state index contributed by atoms with van der Waals surface area (Å²) in [5.74, 6) is -0.0692. The van der Waals surface area contributed by atoms with Crippen molar-refractivity contribution in [3.8, 4) is 0 Å². The van der Waals surface area contributed by atoms with E-state index in [0.29, 0.717) is 15.1 Å². The summed E-state index contributed by atoms with van der Waals surface area (Å²) in [4.78, 5) is 24.1. The van der Waals surface area contributed by atoms with Gasteiger partial charge in [-0.2, -0.15) is 0 Å². The van der Waals surface area contributed by atoms with Crippen molar-refractivity contribution in [2.75, 3.05) is 16.8 Å². The number of benzene rings is 3. The molecular formula is C25H20ClN3OS2. The van der Waals surface area contributed by atoms with E-state index in [1.54, 1.807) is 16.7 Å². The van der Waals surface area contributed by atoms with Crippen molar-refractivity contribution in [3.63, 3.8) is 0 Å². The van der Waals surface area contributed by atoms with Crippen LogP contribution < -0.4 is 9.80 Å². The number of thioether (sulfide) groups is 2. The Labute approximate surface area is 201 Å². The summed E-state index contributed by atoms with van der Waals surface area (Å²) >= 11 is 9.22. The molecule has 2 heterocycles. The predicted molar refractivity (Wildman–Crippen MR) is 137 cm³/mol. The smallest absolute Gasteiger partial charge is 0.274 e. The lowest BCUT2D eigenvalue weighted by atomic mass is 10.2. The molecule has 2 aliphatic heterocycles. The molecule has 0 aliphatic carbocycles. The summed E-state index contributed by atoms with van der Waals surface area (Å²) in [5, 5.41) is 2.22. The second-order valence-electron chi connectivity index (χ2n) is 7.72. The van der Waals surface area contributed by atoms with Crippen LogP contribution in [0.25, 0.3) is 0 Å². The second-order valence-corrected chi connectivity index (χ2v) is 10.2. The highest BCUT2D eigenvalue weighted by Gasteiger charge is 2.40. The molecular weight excluding hydrogens is 458 g/mol. The molecule has 0 unspecified atom stereocenters. The van der Waals surface area contributed by atoms with Gasteiger partial charge in [0.25, 0.3) is 5.91 Å². The number of rotatable bonds is 2. The van der Waals surface area contributed by atoms with Gasteiger partial charge in [0.1, 0.15) is 4.91 Å². The molecule has 0 spiro atoms. The fourth-order valence-electron chi connectivity index (χ4n) is 3.70. The molecule has 1 fully saturated rings. The predicted octanol–water partition coefficient (Wildman–Crippen LogP) is 7.14. The van der Waals surface area contributed by atoms with Crippen LogP contribution in [0.15, 0.2) is 86.6 Å². The molecule has 2 aliphatic rings. The van der Waals surface area contributed by atoms with Crippen LogP contribution in [0.5, 0.6) is 0 Å². The number of halogens is 1. The maximum Gasteiger partial charge on any atom is 0.274 e. The lowest BCUT2D eigenvalue weighted by Crippen LogP contribution is -2.29. The van der Waals surface area contributed by atoms with Gasteiger partial charge in [-0.3, -0.25) is 9.69 Å². The van der Waals surface area contributed by atoms with Crippen LogP contribution in [-0.4, -0.2) is 18.1 Å². The molecule has 0 bridgehead atoms. The average molecular weight is 478 g/mol. The molecule has 3 aromatic carbocycles. The fraction of sp³-hybridized carbons (Fsp3) is 0.120. The van der Waals surface area contributed by atoms with E-state index < -0.39 is 0 Å². The summed E-state index contributed by atoms with van der Waals surface area (Å²) in [6.45, 7) is 4.06. The van der Waals surface area contributed by atoms with Crippen molar-refractivity contribution in [3.05, 3.63) is 92.8 Å².